The lowest BCUT2D eigenvalue weighted by molar-refractivity contribution is -0.139. The summed E-state index contributed by atoms with van der Waals surface area (Å²) in [5.74, 6) is -0.618. The fraction of sp³-hybridized carbons (Fsp3) is 0.267. The van der Waals surface area contributed by atoms with E-state index in [1.165, 1.54) is 18.4 Å². The van der Waals surface area contributed by atoms with E-state index >= 15 is 0 Å². The number of carbonyl (C=O) groups excluding carboxylic acids is 2. The van der Waals surface area contributed by atoms with Gasteiger partial charge in [-0.05, 0) is 17.7 Å². The number of methoxy groups -OCH3 is 2. The zero-order valence-electron chi connectivity index (χ0n) is 12.3. The molecule has 0 atom stereocenters. The van der Waals surface area contributed by atoms with Crippen molar-refractivity contribution in [3.63, 3.8) is 0 Å². The highest BCUT2D eigenvalue weighted by molar-refractivity contribution is 7.14. The second-order valence-corrected chi connectivity index (χ2v) is 5.34. The maximum Gasteiger partial charge on any atom is 0.311 e. The van der Waals surface area contributed by atoms with Crippen LogP contribution in [0.3, 0.4) is 0 Å². The monoisotopic (exact) mass is 320 g/mol. The van der Waals surface area contributed by atoms with Crippen molar-refractivity contribution in [1.82, 2.24) is 4.98 Å². The molecule has 0 aliphatic carbocycles. The Morgan fingerprint density at radius 3 is 2.86 bits per heavy atom. The molecule has 0 radical (unpaired) electrons. The van der Waals surface area contributed by atoms with E-state index in [0.717, 1.165) is 5.56 Å². The third-order valence-corrected chi connectivity index (χ3v) is 3.63. The number of rotatable bonds is 6. The van der Waals surface area contributed by atoms with Gasteiger partial charge in [0, 0.05) is 18.1 Å². The van der Waals surface area contributed by atoms with Gasteiger partial charge < -0.3 is 9.47 Å². The number of amides is 1. The number of anilines is 1. The third-order valence-electron chi connectivity index (χ3n) is 2.83. The second-order valence-electron chi connectivity index (χ2n) is 4.48. The van der Waals surface area contributed by atoms with Crippen LogP contribution >= 0.6 is 11.3 Å². The number of benzene rings is 1. The number of hydrogen-bond donors (Lipinski definition) is 1. The van der Waals surface area contributed by atoms with Crippen molar-refractivity contribution in [3.05, 3.63) is 46.5 Å². The number of carbonyl (C=O) groups is 2. The number of nitrogens with one attached hydrogen (secondary N) is 1. The molecule has 1 N–H and O–H groups in total. The molecule has 1 aromatic heterocycles. The van der Waals surface area contributed by atoms with Crippen LogP contribution in [0.2, 0.25) is 0 Å². The lowest BCUT2D eigenvalue weighted by Gasteiger charge is -2.04. The average Bonchev–Trinajstić information content (AvgIpc) is 2.94. The van der Waals surface area contributed by atoms with E-state index < -0.39 is 0 Å². The van der Waals surface area contributed by atoms with Gasteiger partial charge in [0.15, 0.2) is 5.13 Å². The quantitative estimate of drug-likeness (QED) is 0.826. The van der Waals surface area contributed by atoms with Crippen molar-refractivity contribution in [2.24, 2.45) is 0 Å². The minimum absolute atomic E-state index is 0.0895. The Labute approximate surface area is 132 Å². The second kappa shape index (κ2) is 7.67. The largest absolute Gasteiger partial charge is 0.469 e. The Hall–Kier alpha value is -2.25. The van der Waals surface area contributed by atoms with Gasteiger partial charge in [-0.25, -0.2) is 4.98 Å². The Morgan fingerprint density at radius 2 is 2.14 bits per heavy atom. The van der Waals surface area contributed by atoms with Gasteiger partial charge >= 0.3 is 5.97 Å². The Morgan fingerprint density at radius 1 is 1.32 bits per heavy atom. The lowest BCUT2D eigenvalue weighted by Crippen LogP contribution is -2.12. The fourth-order valence-electron chi connectivity index (χ4n) is 1.80. The van der Waals surface area contributed by atoms with Crippen LogP contribution < -0.4 is 5.32 Å². The molecule has 0 fully saturated rings. The first kappa shape index (κ1) is 16.1. The minimum atomic E-state index is -0.365. The SMILES string of the molecule is COCc1cccc(C(=O)Nc2nc(CC(=O)OC)cs2)c1. The van der Waals surface area contributed by atoms with Crippen molar-refractivity contribution in [3.8, 4) is 0 Å². The van der Waals surface area contributed by atoms with Gasteiger partial charge in [-0.2, -0.15) is 0 Å². The van der Waals surface area contributed by atoms with Gasteiger partial charge in [0.2, 0.25) is 0 Å². The third kappa shape index (κ3) is 4.37. The highest BCUT2D eigenvalue weighted by Gasteiger charge is 2.11. The molecule has 0 aliphatic heterocycles. The van der Waals surface area contributed by atoms with Crippen molar-refractivity contribution in [1.29, 1.82) is 0 Å². The molecule has 6 nitrogen and oxygen atoms in total. The molecule has 2 rings (SSSR count). The van der Waals surface area contributed by atoms with Crippen molar-refractivity contribution in [2.45, 2.75) is 13.0 Å². The standard InChI is InChI=1S/C15H16N2O4S/c1-20-8-10-4-3-5-11(6-10)14(19)17-15-16-12(9-22-15)7-13(18)21-2/h3-6,9H,7-8H2,1-2H3,(H,16,17,19). The number of hydrogen-bond acceptors (Lipinski definition) is 6. The molecule has 0 bridgehead atoms. The normalized spacial score (nSPS) is 10.3. The molecule has 1 heterocycles. The first-order chi connectivity index (χ1) is 10.6. The first-order valence-corrected chi connectivity index (χ1v) is 7.40. The fourth-order valence-corrected chi connectivity index (χ4v) is 2.51. The Balaban J connectivity index is 2.02. The van der Waals surface area contributed by atoms with Crippen LogP contribution in [0.1, 0.15) is 21.6 Å². The summed E-state index contributed by atoms with van der Waals surface area (Å²) in [7, 11) is 2.93. The van der Waals surface area contributed by atoms with Gasteiger partial charge in [-0.1, -0.05) is 12.1 Å². The summed E-state index contributed by atoms with van der Waals surface area (Å²) >= 11 is 1.26. The van der Waals surface area contributed by atoms with E-state index in [2.05, 4.69) is 15.0 Å². The molecule has 1 amide bonds. The van der Waals surface area contributed by atoms with Crippen LogP contribution in [0.15, 0.2) is 29.6 Å². The van der Waals surface area contributed by atoms with E-state index in [0.29, 0.717) is 23.0 Å². The van der Waals surface area contributed by atoms with Crippen LogP contribution in [0.5, 0.6) is 0 Å². The van der Waals surface area contributed by atoms with Gasteiger partial charge in [0.25, 0.3) is 5.91 Å². The maximum atomic E-state index is 12.2. The zero-order valence-corrected chi connectivity index (χ0v) is 13.1. The molecule has 116 valence electrons. The van der Waals surface area contributed by atoms with E-state index in [1.54, 1.807) is 30.7 Å². The topological polar surface area (TPSA) is 77.5 Å². The molecule has 22 heavy (non-hydrogen) atoms. The van der Waals surface area contributed by atoms with Crippen LogP contribution in [-0.4, -0.2) is 31.1 Å². The smallest absolute Gasteiger partial charge is 0.311 e. The number of esters is 1. The number of aromatic nitrogens is 1. The summed E-state index contributed by atoms with van der Waals surface area (Å²) in [6.07, 6.45) is 0.0895. The summed E-state index contributed by atoms with van der Waals surface area (Å²) in [4.78, 5) is 27.5. The number of nitrogens with zero attached hydrogens (tertiary/aromatic N) is 1. The molecule has 2 aromatic rings. The average molecular weight is 320 g/mol. The Kier molecular flexibility index (Phi) is 5.62. The van der Waals surface area contributed by atoms with Crippen LogP contribution in [0.25, 0.3) is 0 Å². The van der Waals surface area contributed by atoms with Crippen LogP contribution in [-0.2, 0) is 27.3 Å². The number of ether oxygens (including phenoxy) is 2. The van der Waals surface area contributed by atoms with Gasteiger partial charge in [-0.3, -0.25) is 14.9 Å². The van der Waals surface area contributed by atoms with Gasteiger partial charge in [0.05, 0.1) is 25.8 Å². The summed E-state index contributed by atoms with van der Waals surface area (Å²) in [6, 6.07) is 7.17. The summed E-state index contributed by atoms with van der Waals surface area (Å²) in [6.45, 7) is 0.446. The molecule has 7 heteroatoms. The Bertz CT molecular complexity index is 669. The van der Waals surface area contributed by atoms with E-state index in [9.17, 15) is 9.59 Å². The predicted octanol–water partition coefficient (Wildman–Crippen LogP) is 2.26. The van der Waals surface area contributed by atoms with Gasteiger partial charge in [-0.15, -0.1) is 11.3 Å². The highest BCUT2D eigenvalue weighted by atomic mass is 32.1. The molecule has 0 saturated heterocycles. The first-order valence-electron chi connectivity index (χ1n) is 6.53. The zero-order chi connectivity index (χ0) is 15.9. The van der Waals surface area contributed by atoms with E-state index in [1.807, 2.05) is 6.07 Å². The summed E-state index contributed by atoms with van der Waals surface area (Å²) < 4.78 is 9.62. The van der Waals surface area contributed by atoms with Crippen molar-refractivity contribution < 1.29 is 19.1 Å². The van der Waals surface area contributed by atoms with Gasteiger partial charge in [0.1, 0.15) is 0 Å². The van der Waals surface area contributed by atoms with Crippen molar-refractivity contribution >= 4 is 28.3 Å². The molecule has 0 saturated carbocycles. The predicted molar refractivity (Wildman–Crippen MR) is 82.9 cm³/mol. The minimum Gasteiger partial charge on any atom is -0.469 e. The molecular formula is C15H16N2O4S. The maximum absolute atomic E-state index is 12.2. The lowest BCUT2D eigenvalue weighted by atomic mass is 10.1. The molecule has 0 aliphatic rings. The highest BCUT2D eigenvalue weighted by Crippen LogP contribution is 2.17. The summed E-state index contributed by atoms with van der Waals surface area (Å²) in [5, 5.41) is 4.88. The van der Waals surface area contributed by atoms with Crippen LogP contribution in [0.4, 0.5) is 5.13 Å². The van der Waals surface area contributed by atoms with Crippen molar-refractivity contribution in [2.75, 3.05) is 19.5 Å². The summed E-state index contributed by atoms with van der Waals surface area (Å²) in [5.41, 5.74) is 2.01. The molecule has 1 aromatic carbocycles. The molecular weight excluding hydrogens is 304 g/mol. The molecule has 0 unspecified atom stereocenters. The van der Waals surface area contributed by atoms with E-state index in [-0.39, 0.29) is 18.3 Å². The molecule has 0 spiro atoms. The van der Waals surface area contributed by atoms with Crippen LogP contribution in [0, 0.1) is 0 Å². The number of thiazole rings is 1. The van der Waals surface area contributed by atoms with E-state index in [4.69, 9.17) is 4.74 Å².